The van der Waals surface area contributed by atoms with E-state index in [9.17, 15) is 4.79 Å². The molecule has 0 aromatic carbocycles. The van der Waals surface area contributed by atoms with Crippen molar-refractivity contribution < 1.29 is 4.79 Å². The van der Waals surface area contributed by atoms with E-state index in [-0.39, 0.29) is 5.91 Å². The van der Waals surface area contributed by atoms with Gasteiger partial charge in [0.15, 0.2) is 0 Å². The van der Waals surface area contributed by atoms with E-state index in [1.165, 1.54) is 0 Å². The molecule has 0 radical (unpaired) electrons. The molecule has 2 aromatic rings. The number of amides is 1. The molecule has 6 heteroatoms. The molecular weight excluding hydrogens is 218 g/mol. The number of aromatic nitrogens is 3. The third-order valence-electron chi connectivity index (χ3n) is 2.36. The number of aryl methyl sites for hydroxylation is 1. The van der Waals surface area contributed by atoms with Gasteiger partial charge in [-0.3, -0.25) is 14.5 Å². The molecule has 0 aliphatic rings. The van der Waals surface area contributed by atoms with Crippen LogP contribution in [0.25, 0.3) is 0 Å². The number of pyridine rings is 1. The van der Waals surface area contributed by atoms with Crippen molar-refractivity contribution >= 4 is 11.7 Å². The fourth-order valence-corrected chi connectivity index (χ4v) is 1.36. The first-order valence-corrected chi connectivity index (χ1v) is 5.15. The van der Waals surface area contributed by atoms with Crippen molar-refractivity contribution in [3.63, 3.8) is 0 Å². The number of nitrogens with one attached hydrogen (secondary N) is 1. The average Bonchev–Trinajstić information content (AvgIpc) is 2.75. The maximum Gasteiger partial charge on any atom is 0.275 e. The van der Waals surface area contributed by atoms with Gasteiger partial charge in [-0.1, -0.05) is 6.07 Å². The number of hydrogen-bond acceptors (Lipinski definition) is 4. The molecule has 17 heavy (non-hydrogen) atoms. The summed E-state index contributed by atoms with van der Waals surface area (Å²) in [6, 6.07) is 5.14. The number of nitrogens with zero attached hydrogens (tertiary/aromatic N) is 3. The smallest absolute Gasteiger partial charge is 0.275 e. The summed E-state index contributed by atoms with van der Waals surface area (Å²) in [4.78, 5) is 15.9. The van der Waals surface area contributed by atoms with Gasteiger partial charge in [-0.15, -0.1) is 0 Å². The van der Waals surface area contributed by atoms with Crippen LogP contribution in [0.3, 0.4) is 0 Å². The highest BCUT2D eigenvalue weighted by atomic mass is 16.2. The Morgan fingerprint density at radius 2 is 2.29 bits per heavy atom. The zero-order chi connectivity index (χ0) is 12.3. The summed E-state index contributed by atoms with van der Waals surface area (Å²) in [5, 5.41) is 6.67. The Labute approximate surface area is 98.5 Å². The second kappa shape index (κ2) is 4.75. The van der Waals surface area contributed by atoms with Crippen molar-refractivity contribution in [3.8, 4) is 0 Å². The Balaban J connectivity index is 2.12. The number of carbonyl (C=O) groups excluding carboxylic acids is 1. The Morgan fingerprint density at radius 1 is 1.47 bits per heavy atom. The van der Waals surface area contributed by atoms with Crippen LogP contribution in [-0.2, 0) is 13.6 Å². The Kier molecular flexibility index (Phi) is 3.15. The second-order valence-electron chi connectivity index (χ2n) is 3.55. The first kappa shape index (κ1) is 11.3. The fraction of sp³-hybridized carbons (Fsp3) is 0.182. The topological polar surface area (TPSA) is 85.8 Å². The van der Waals surface area contributed by atoms with E-state index in [2.05, 4.69) is 15.4 Å². The molecule has 0 saturated carbocycles. The largest absolute Gasteiger partial charge is 0.326 e. The Bertz CT molecular complexity index is 517. The molecule has 0 saturated heterocycles. The number of carbonyl (C=O) groups is 1. The number of hydrogen-bond donors (Lipinski definition) is 2. The number of anilines is 1. The molecule has 0 aliphatic heterocycles. The molecule has 2 aromatic heterocycles. The van der Waals surface area contributed by atoms with Crippen molar-refractivity contribution in [1.29, 1.82) is 0 Å². The van der Waals surface area contributed by atoms with Crippen molar-refractivity contribution in [3.05, 3.63) is 41.9 Å². The van der Waals surface area contributed by atoms with E-state index in [4.69, 9.17) is 5.73 Å². The maximum absolute atomic E-state index is 11.8. The van der Waals surface area contributed by atoms with Crippen LogP contribution in [0.5, 0.6) is 0 Å². The summed E-state index contributed by atoms with van der Waals surface area (Å²) in [6.45, 7) is 0.413. The maximum atomic E-state index is 11.8. The first-order chi connectivity index (χ1) is 8.20. The highest BCUT2D eigenvalue weighted by molar-refractivity contribution is 6.02. The van der Waals surface area contributed by atoms with Crippen LogP contribution in [0, 0.1) is 0 Å². The van der Waals surface area contributed by atoms with Gasteiger partial charge in [-0.05, 0) is 11.6 Å². The van der Waals surface area contributed by atoms with Gasteiger partial charge in [0.1, 0.15) is 11.5 Å². The first-order valence-electron chi connectivity index (χ1n) is 5.15. The van der Waals surface area contributed by atoms with E-state index in [0.29, 0.717) is 18.1 Å². The third kappa shape index (κ3) is 2.48. The molecule has 2 heterocycles. The van der Waals surface area contributed by atoms with Crippen LogP contribution in [0.2, 0.25) is 0 Å². The molecule has 2 rings (SSSR count). The Morgan fingerprint density at radius 3 is 2.82 bits per heavy atom. The minimum absolute atomic E-state index is 0.267. The lowest BCUT2D eigenvalue weighted by molar-refractivity contribution is 0.102. The molecule has 88 valence electrons. The van der Waals surface area contributed by atoms with E-state index in [1.807, 2.05) is 0 Å². The predicted octanol–water partition coefficient (Wildman–Crippen LogP) is 0.526. The summed E-state index contributed by atoms with van der Waals surface area (Å²) in [5.41, 5.74) is 6.69. The fourth-order valence-electron chi connectivity index (χ4n) is 1.36. The summed E-state index contributed by atoms with van der Waals surface area (Å²) >= 11 is 0. The van der Waals surface area contributed by atoms with Crippen molar-refractivity contribution in [2.75, 3.05) is 5.32 Å². The lowest BCUT2D eigenvalue weighted by Crippen LogP contribution is -2.16. The number of rotatable bonds is 3. The van der Waals surface area contributed by atoms with Gasteiger partial charge >= 0.3 is 0 Å². The van der Waals surface area contributed by atoms with Crippen LogP contribution in [0.4, 0.5) is 5.82 Å². The van der Waals surface area contributed by atoms with Crippen molar-refractivity contribution in [2.24, 2.45) is 12.8 Å². The lowest BCUT2D eigenvalue weighted by Gasteiger charge is -2.04. The average molecular weight is 231 g/mol. The molecule has 1 amide bonds. The molecule has 0 aliphatic carbocycles. The van der Waals surface area contributed by atoms with Gasteiger partial charge in [0, 0.05) is 25.9 Å². The normalized spacial score (nSPS) is 10.2. The van der Waals surface area contributed by atoms with E-state index in [1.54, 1.807) is 42.3 Å². The van der Waals surface area contributed by atoms with Crippen molar-refractivity contribution in [1.82, 2.24) is 14.8 Å². The molecule has 0 spiro atoms. The van der Waals surface area contributed by atoms with Gasteiger partial charge in [-0.25, -0.2) is 0 Å². The van der Waals surface area contributed by atoms with E-state index >= 15 is 0 Å². The summed E-state index contributed by atoms with van der Waals surface area (Å²) < 4.78 is 1.58. The highest BCUT2D eigenvalue weighted by Crippen LogP contribution is 2.06. The van der Waals surface area contributed by atoms with Gasteiger partial charge in [0.2, 0.25) is 0 Å². The molecular formula is C11H13N5O. The third-order valence-corrected chi connectivity index (χ3v) is 2.36. The van der Waals surface area contributed by atoms with Gasteiger partial charge in [0.05, 0.1) is 6.20 Å². The quantitative estimate of drug-likeness (QED) is 0.806. The summed E-state index contributed by atoms with van der Waals surface area (Å²) in [5.74, 6) is 0.358. The SMILES string of the molecule is Cn1nccc1NC(=O)c1ccc(CN)cn1. The molecule has 6 nitrogen and oxygen atoms in total. The van der Waals surface area contributed by atoms with Crippen LogP contribution in [0.15, 0.2) is 30.6 Å². The summed E-state index contributed by atoms with van der Waals surface area (Å²) in [6.07, 6.45) is 3.21. The van der Waals surface area contributed by atoms with E-state index < -0.39 is 0 Å². The molecule has 3 N–H and O–H groups in total. The minimum atomic E-state index is -0.267. The minimum Gasteiger partial charge on any atom is -0.326 e. The monoisotopic (exact) mass is 231 g/mol. The second-order valence-corrected chi connectivity index (χ2v) is 3.55. The van der Waals surface area contributed by atoms with Crippen LogP contribution in [-0.4, -0.2) is 20.7 Å². The highest BCUT2D eigenvalue weighted by Gasteiger charge is 2.09. The Hall–Kier alpha value is -2.21. The van der Waals surface area contributed by atoms with Crippen molar-refractivity contribution in [2.45, 2.75) is 6.54 Å². The van der Waals surface area contributed by atoms with Gasteiger partial charge in [-0.2, -0.15) is 5.10 Å². The zero-order valence-electron chi connectivity index (χ0n) is 9.42. The lowest BCUT2D eigenvalue weighted by atomic mass is 10.2. The van der Waals surface area contributed by atoms with Gasteiger partial charge in [0.25, 0.3) is 5.91 Å². The summed E-state index contributed by atoms with van der Waals surface area (Å²) in [7, 11) is 1.75. The standard InChI is InChI=1S/C11H13N5O/c1-16-10(4-5-14-16)15-11(17)9-3-2-8(6-12)7-13-9/h2-5,7H,6,12H2,1H3,(H,15,17). The van der Waals surface area contributed by atoms with Crippen LogP contribution < -0.4 is 11.1 Å². The molecule has 0 unspecified atom stereocenters. The molecule has 0 bridgehead atoms. The molecule has 0 fully saturated rings. The van der Waals surface area contributed by atoms with Gasteiger partial charge < -0.3 is 11.1 Å². The zero-order valence-corrected chi connectivity index (χ0v) is 9.42. The van der Waals surface area contributed by atoms with E-state index in [0.717, 1.165) is 5.56 Å². The van der Waals surface area contributed by atoms with Crippen LogP contribution >= 0.6 is 0 Å². The van der Waals surface area contributed by atoms with Crippen LogP contribution in [0.1, 0.15) is 16.1 Å². The number of nitrogens with two attached hydrogens (primary N) is 1. The predicted molar refractivity (Wildman–Crippen MR) is 63.3 cm³/mol. The molecule has 0 atom stereocenters.